The van der Waals surface area contributed by atoms with Crippen molar-refractivity contribution in [1.29, 1.82) is 0 Å². The Morgan fingerprint density at radius 1 is 0.875 bits per heavy atom. The lowest BCUT2D eigenvalue weighted by Gasteiger charge is -2.33. The highest BCUT2D eigenvalue weighted by atomic mass is 16.6. The molecule has 1 aliphatic rings. The molecule has 0 aromatic heterocycles. The Morgan fingerprint density at radius 3 is 1.75 bits per heavy atom. The predicted molar refractivity (Wildman–Crippen MR) is 97.4 cm³/mol. The second-order valence-corrected chi connectivity index (χ2v) is 6.31. The molecule has 5 nitrogen and oxygen atoms in total. The molecule has 7 heteroatoms. The Hall–Kier alpha value is -1.63. The van der Waals surface area contributed by atoms with Crippen LogP contribution in [0.2, 0.25) is 0 Å². The van der Waals surface area contributed by atoms with E-state index in [0.717, 1.165) is 18.7 Å². The van der Waals surface area contributed by atoms with E-state index >= 15 is 0 Å². The Balaban J connectivity index is 0.000000252. The summed E-state index contributed by atoms with van der Waals surface area (Å²) in [5.74, 6) is 0. The highest BCUT2D eigenvalue weighted by molar-refractivity contribution is 6.61. The minimum atomic E-state index is -1.34. The van der Waals surface area contributed by atoms with Crippen molar-refractivity contribution < 1.29 is 24.8 Å². The normalized spacial score (nSPS) is 15.6. The lowest BCUT2D eigenvalue weighted by atomic mass is 9.76. The van der Waals surface area contributed by atoms with Crippen LogP contribution in [0.3, 0.4) is 0 Å². The first-order chi connectivity index (χ1) is 11.0. The monoisotopic (exact) mass is 330 g/mol. The molecule has 0 spiro atoms. The van der Waals surface area contributed by atoms with Crippen LogP contribution in [-0.2, 0) is 9.31 Å². The molecule has 4 N–H and O–H groups in total. The molecular formula is C17H24B2O5. The van der Waals surface area contributed by atoms with Gasteiger partial charge in [0.25, 0.3) is 0 Å². The van der Waals surface area contributed by atoms with E-state index in [4.69, 9.17) is 19.4 Å². The minimum absolute atomic E-state index is 0. The predicted octanol–water partition coefficient (Wildman–Crippen LogP) is -0.00350. The zero-order valence-corrected chi connectivity index (χ0v) is 14.1. The highest BCUT2D eigenvalue weighted by Crippen LogP contribution is 2.21. The topological polar surface area (TPSA) is 90.4 Å². The van der Waals surface area contributed by atoms with Gasteiger partial charge in [0, 0.05) is 18.6 Å². The number of hydrogen-bond donors (Lipinski definition) is 2. The molecule has 0 unspecified atom stereocenters. The number of rotatable bonds is 2. The molecule has 0 atom stereocenters. The average molecular weight is 330 g/mol. The van der Waals surface area contributed by atoms with Crippen molar-refractivity contribution in [2.45, 2.75) is 13.8 Å². The second-order valence-electron chi connectivity index (χ2n) is 6.31. The Bertz CT molecular complexity index is 568. The van der Waals surface area contributed by atoms with Crippen LogP contribution in [0, 0.1) is 5.41 Å². The Morgan fingerprint density at radius 2 is 1.33 bits per heavy atom. The summed E-state index contributed by atoms with van der Waals surface area (Å²) in [7, 11) is -1.52. The summed E-state index contributed by atoms with van der Waals surface area (Å²) in [4.78, 5) is 0. The molecule has 2 aromatic carbocycles. The zero-order valence-electron chi connectivity index (χ0n) is 14.1. The molecule has 128 valence electrons. The van der Waals surface area contributed by atoms with Crippen LogP contribution in [0.4, 0.5) is 0 Å². The van der Waals surface area contributed by atoms with Gasteiger partial charge < -0.3 is 24.8 Å². The summed E-state index contributed by atoms with van der Waals surface area (Å²) in [6, 6.07) is 18.7. The highest BCUT2D eigenvalue weighted by Gasteiger charge is 2.32. The minimum Gasteiger partial charge on any atom is -0.423 e. The second kappa shape index (κ2) is 9.61. The molecular weight excluding hydrogens is 306 g/mol. The molecule has 0 amide bonds. The van der Waals surface area contributed by atoms with Crippen LogP contribution in [0.25, 0.3) is 0 Å². The number of hydrogen-bond acceptors (Lipinski definition) is 4. The van der Waals surface area contributed by atoms with Gasteiger partial charge in [-0.2, -0.15) is 0 Å². The van der Waals surface area contributed by atoms with E-state index in [1.54, 1.807) is 24.3 Å². The van der Waals surface area contributed by atoms with E-state index in [1.165, 1.54) is 0 Å². The molecule has 0 bridgehead atoms. The molecule has 24 heavy (non-hydrogen) atoms. The third-order valence-electron chi connectivity index (χ3n) is 3.42. The lowest BCUT2D eigenvalue weighted by molar-refractivity contribution is 0.0343. The van der Waals surface area contributed by atoms with Crippen LogP contribution in [0.1, 0.15) is 13.8 Å². The largest absolute Gasteiger partial charge is 0.493 e. The standard InChI is InChI=1S/C11H15BO2.C6H7BO2.H2O/c1-11(2)8-13-12(14-9-11)10-6-4-3-5-7-10;8-7(9)6-4-2-1-3-5-6;/h3-7H,8-9H2,1-2H3;1-5,8-9H;1H2. The first-order valence-corrected chi connectivity index (χ1v) is 7.67. The summed E-state index contributed by atoms with van der Waals surface area (Å²) < 4.78 is 11.3. The molecule has 1 aliphatic heterocycles. The third-order valence-corrected chi connectivity index (χ3v) is 3.42. The van der Waals surface area contributed by atoms with Crippen molar-refractivity contribution in [2.24, 2.45) is 5.41 Å². The molecule has 0 saturated carbocycles. The van der Waals surface area contributed by atoms with Gasteiger partial charge in [0.2, 0.25) is 0 Å². The molecule has 1 saturated heterocycles. The van der Waals surface area contributed by atoms with Gasteiger partial charge in [0.15, 0.2) is 0 Å². The maximum atomic E-state index is 8.58. The van der Waals surface area contributed by atoms with Crippen molar-refractivity contribution in [3.63, 3.8) is 0 Å². The van der Waals surface area contributed by atoms with Crippen LogP contribution in [0.15, 0.2) is 60.7 Å². The van der Waals surface area contributed by atoms with E-state index in [9.17, 15) is 0 Å². The van der Waals surface area contributed by atoms with E-state index in [0.29, 0.717) is 5.46 Å². The van der Waals surface area contributed by atoms with Gasteiger partial charge in [-0.15, -0.1) is 0 Å². The van der Waals surface area contributed by atoms with Crippen molar-refractivity contribution in [3.8, 4) is 0 Å². The summed E-state index contributed by atoms with van der Waals surface area (Å²) in [5, 5.41) is 17.2. The van der Waals surface area contributed by atoms with E-state index in [-0.39, 0.29) is 18.0 Å². The van der Waals surface area contributed by atoms with E-state index < -0.39 is 7.12 Å². The third kappa shape index (κ3) is 6.47. The summed E-state index contributed by atoms with van der Waals surface area (Å²) in [5.41, 5.74) is 1.77. The van der Waals surface area contributed by atoms with Crippen LogP contribution in [-0.4, -0.2) is 43.0 Å². The fourth-order valence-corrected chi connectivity index (χ4v) is 2.12. The van der Waals surface area contributed by atoms with E-state index in [1.807, 2.05) is 36.4 Å². The van der Waals surface area contributed by atoms with Gasteiger partial charge in [-0.05, 0) is 10.9 Å². The zero-order chi connectivity index (χ0) is 16.7. The Kier molecular flexibility index (Phi) is 8.18. The average Bonchev–Trinajstić information content (AvgIpc) is 2.57. The number of benzene rings is 2. The molecule has 1 heterocycles. The maximum absolute atomic E-state index is 8.58. The van der Waals surface area contributed by atoms with Gasteiger partial charge in [0.05, 0.1) is 0 Å². The molecule has 0 radical (unpaired) electrons. The molecule has 0 aliphatic carbocycles. The van der Waals surface area contributed by atoms with Crippen molar-refractivity contribution in [2.75, 3.05) is 13.2 Å². The van der Waals surface area contributed by atoms with Crippen molar-refractivity contribution >= 4 is 25.2 Å². The molecule has 3 rings (SSSR count). The summed E-state index contributed by atoms with van der Waals surface area (Å²) in [6.45, 7) is 5.81. The smallest absolute Gasteiger partial charge is 0.423 e. The van der Waals surface area contributed by atoms with Gasteiger partial charge in [-0.1, -0.05) is 74.5 Å². The van der Waals surface area contributed by atoms with Gasteiger partial charge >= 0.3 is 14.2 Å². The summed E-state index contributed by atoms with van der Waals surface area (Å²) in [6.07, 6.45) is 0. The molecule has 2 aromatic rings. The fourth-order valence-electron chi connectivity index (χ4n) is 2.12. The first kappa shape index (κ1) is 20.4. The van der Waals surface area contributed by atoms with Gasteiger partial charge in [-0.25, -0.2) is 0 Å². The van der Waals surface area contributed by atoms with Gasteiger partial charge in [-0.3, -0.25) is 0 Å². The Labute approximate surface area is 143 Å². The lowest BCUT2D eigenvalue weighted by Crippen LogP contribution is -2.47. The van der Waals surface area contributed by atoms with Gasteiger partial charge in [0.1, 0.15) is 0 Å². The van der Waals surface area contributed by atoms with E-state index in [2.05, 4.69) is 13.8 Å². The quantitative estimate of drug-likeness (QED) is 0.759. The first-order valence-electron chi connectivity index (χ1n) is 7.67. The maximum Gasteiger partial charge on any atom is 0.493 e. The summed E-state index contributed by atoms with van der Waals surface area (Å²) >= 11 is 0. The van der Waals surface area contributed by atoms with Crippen LogP contribution >= 0.6 is 0 Å². The van der Waals surface area contributed by atoms with Crippen molar-refractivity contribution in [3.05, 3.63) is 60.7 Å². The molecule has 1 fully saturated rings. The van der Waals surface area contributed by atoms with Crippen LogP contribution in [0.5, 0.6) is 0 Å². The fraction of sp³-hybridized carbons (Fsp3) is 0.294. The van der Waals surface area contributed by atoms with Crippen LogP contribution < -0.4 is 10.9 Å². The SMILES string of the molecule is CC1(C)COB(c2ccccc2)OC1.O.OB(O)c1ccccc1. The van der Waals surface area contributed by atoms with Crippen molar-refractivity contribution in [1.82, 2.24) is 0 Å².